The van der Waals surface area contributed by atoms with E-state index in [-0.39, 0.29) is 6.61 Å². The van der Waals surface area contributed by atoms with Gasteiger partial charge in [0.2, 0.25) is 0 Å². The van der Waals surface area contributed by atoms with E-state index in [0.717, 1.165) is 18.6 Å². The SMILES string of the molecule is CC(CCO)SCCCC(C)(C)C(=O)O. The van der Waals surface area contributed by atoms with Crippen LogP contribution in [0.15, 0.2) is 0 Å². The first kappa shape index (κ1) is 14.8. The molecule has 1 unspecified atom stereocenters. The summed E-state index contributed by atoms with van der Waals surface area (Å²) < 4.78 is 0. The van der Waals surface area contributed by atoms with E-state index in [1.165, 1.54) is 0 Å². The van der Waals surface area contributed by atoms with Crippen LogP contribution in [0.5, 0.6) is 0 Å². The average molecular weight is 234 g/mol. The summed E-state index contributed by atoms with van der Waals surface area (Å²) in [5.41, 5.74) is -0.610. The Morgan fingerprint density at radius 3 is 2.53 bits per heavy atom. The summed E-state index contributed by atoms with van der Waals surface area (Å²) in [6, 6.07) is 0. The van der Waals surface area contributed by atoms with Gasteiger partial charge in [-0.15, -0.1) is 0 Å². The number of aliphatic hydroxyl groups is 1. The molecule has 3 nitrogen and oxygen atoms in total. The van der Waals surface area contributed by atoms with Crippen LogP contribution in [0.3, 0.4) is 0 Å². The number of thioether (sulfide) groups is 1. The Morgan fingerprint density at radius 2 is 2.07 bits per heavy atom. The van der Waals surface area contributed by atoms with Crippen LogP contribution in [-0.2, 0) is 4.79 Å². The van der Waals surface area contributed by atoms with Gasteiger partial charge in [0.25, 0.3) is 0 Å². The third-order valence-electron chi connectivity index (χ3n) is 2.46. The smallest absolute Gasteiger partial charge is 0.309 e. The summed E-state index contributed by atoms with van der Waals surface area (Å²) in [7, 11) is 0. The predicted molar refractivity (Wildman–Crippen MR) is 64.3 cm³/mol. The Bertz CT molecular complexity index is 192. The average Bonchev–Trinajstić information content (AvgIpc) is 2.13. The topological polar surface area (TPSA) is 57.5 Å². The summed E-state index contributed by atoms with van der Waals surface area (Å²) in [4.78, 5) is 10.8. The minimum atomic E-state index is -0.726. The summed E-state index contributed by atoms with van der Waals surface area (Å²) in [6.07, 6.45) is 2.44. The fourth-order valence-corrected chi connectivity index (χ4v) is 2.16. The quantitative estimate of drug-likeness (QED) is 0.633. The van der Waals surface area contributed by atoms with Crippen molar-refractivity contribution in [2.24, 2.45) is 5.41 Å². The molecule has 0 saturated heterocycles. The number of rotatable bonds is 8. The molecule has 0 amide bonds. The second kappa shape index (κ2) is 7.12. The minimum Gasteiger partial charge on any atom is -0.481 e. The maximum absolute atomic E-state index is 10.8. The molecule has 0 heterocycles. The normalized spacial score (nSPS) is 13.9. The number of carboxylic acids is 1. The van der Waals surface area contributed by atoms with Crippen molar-refractivity contribution in [2.75, 3.05) is 12.4 Å². The van der Waals surface area contributed by atoms with E-state index in [9.17, 15) is 4.79 Å². The minimum absolute atomic E-state index is 0.231. The van der Waals surface area contributed by atoms with E-state index in [0.29, 0.717) is 11.7 Å². The molecule has 0 aliphatic rings. The van der Waals surface area contributed by atoms with Crippen LogP contribution in [0.2, 0.25) is 0 Å². The molecule has 1 atom stereocenters. The van der Waals surface area contributed by atoms with Crippen molar-refractivity contribution in [2.45, 2.75) is 45.3 Å². The van der Waals surface area contributed by atoms with Gasteiger partial charge in [-0.3, -0.25) is 4.79 Å². The van der Waals surface area contributed by atoms with Gasteiger partial charge in [0, 0.05) is 11.9 Å². The first-order valence-corrected chi connectivity index (χ1v) is 6.41. The van der Waals surface area contributed by atoms with Crippen LogP contribution >= 0.6 is 11.8 Å². The van der Waals surface area contributed by atoms with Gasteiger partial charge in [-0.25, -0.2) is 0 Å². The van der Waals surface area contributed by atoms with Crippen molar-refractivity contribution in [3.8, 4) is 0 Å². The Hall–Kier alpha value is -0.220. The van der Waals surface area contributed by atoms with Crippen LogP contribution in [0, 0.1) is 5.41 Å². The maximum atomic E-state index is 10.8. The molecular formula is C11H22O3S. The molecule has 0 aliphatic carbocycles. The third-order valence-corrected chi connectivity index (χ3v) is 3.79. The fourth-order valence-electron chi connectivity index (χ4n) is 1.17. The summed E-state index contributed by atoms with van der Waals surface area (Å²) >= 11 is 1.80. The predicted octanol–water partition coefficient (Wildman–Crippen LogP) is 2.38. The highest BCUT2D eigenvalue weighted by atomic mass is 32.2. The molecule has 0 saturated carbocycles. The second-order valence-electron chi connectivity index (χ2n) is 4.49. The van der Waals surface area contributed by atoms with Crippen molar-refractivity contribution in [1.29, 1.82) is 0 Å². The number of carbonyl (C=O) groups is 1. The highest BCUT2D eigenvalue weighted by Gasteiger charge is 2.26. The van der Waals surface area contributed by atoms with Crippen LogP contribution in [0.4, 0.5) is 0 Å². The molecule has 15 heavy (non-hydrogen) atoms. The van der Waals surface area contributed by atoms with E-state index in [2.05, 4.69) is 6.92 Å². The monoisotopic (exact) mass is 234 g/mol. The van der Waals surface area contributed by atoms with Gasteiger partial charge in [-0.2, -0.15) is 11.8 Å². The Kier molecular flexibility index (Phi) is 7.02. The Morgan fingerprint density at radius 1 is 1.47 bits per heavy atom. The molecule has 0 aromatic rings. The van der Waals surface area contributed by atoms with E-state index >= 15 is 0 Å². The third kappa shape index (κ3) is 6.79. The lowest BCUT2D eigenvalue weighted by atomic mass is 9.88. The van der Waals surface area contributed by atoms with Gasteiger partial charge in [-0.05, 0) is 38.9 Å². The Balaban J connectivity index is 3.58. The summed E-state index contributed by atoms with van der Waals surface area (Å²) in [5, 5.41) is 18.1. The van der Waals surface area contributed by atoms with E-state index in [4.69, 9.17) is 10.2 Å². The maximum Gasteiger partial charge on any atom is 0.309 e. The number of aliphatic carboxylic acids is 1. The van der Waals surface area contributed by atoms with Gasteiger partial charge >= 0.3 is 5.97 Å². The first-order valence-electron chi connectivity index (χ1n) is 5.36. The zero-order valence-electron chi connectivity index (χ0n) is 9.82. The first-order chi connectivity index (χ1) is 6.90. The van der Waals surface area contributed by atoms with Crippen molar-refractivity contribution < 1.29 is 15.0 Å². The fraction of sp³-hybridized carbons (Fsp3) is 0.909. The molecule has 90 valence electrons. The molecular weight excluding hydrogens is 212 g/mol. The van der Waals surface area contributed by atoms with Crippen molar-refractivity contribution >= 4 is 17.7 Å². The molecule has 0 aliphatic heterocycles. The van der Waals surface area contributed by atoms with Crippen LogP contribution in [0.25, 0.3) is 0 Å². The lowest BCUT2D eigenvalue weighted by Gasteiger charge is -2.19. The zero-order chi connectivity index (χ0) is 11.9. The zero-order valence-corrected chi connectivity index (χ0v) is 10.6. The summed E-state index contributed by atoms with van der Waals surface area (Å²) in [6.45, 7) is 5.84. The van der Waals surface area contributed by atoms with Gasteiger partial charge in [0.15, 0.2) is 0 Å². The molecule has 0 aromatic heterocycles. The van der Waals surface area contributed by atoms with Crippen molar-refractivity contribution in [3.63, 3.8) is 0 Å². The van der Waals surface area contributed by atoms with Crippen LogP contribution in [0.1, 0.15) is 40.0 Å². The van der Waals surface area contributed by atoms with Crippen molar-refractivity contribution in [1.82, 2.24) is 0 Å². The van der Waals surface area contributed by atoms with Crippen LogP contribution < -0.4 is 0 Å². The Labute approximate surface area is 96.3 Å². The molecule has 4 heteroatoms. The number of carboxylic acid groups (broad SMARTS) is 1. The highest BCUT2D eigenvalue weighted by molar-refractivity contribution is 7.99. The second-order valence-corrected chi connectivity index (χ2v) is 6.03. The van der Waals surface area contributed by atoms with Gasteiger partial charge in [-0.1, -0.05) is 6.92 Å². The summed E-state index contributed by atoms with van der Waals surface area (Å²) in [5.74, 6) is 0.244. The van der Waals surface area contributed by atoms with Crippen molar-refractivity contribution in [3.05, 3.63) is 0 Å². The molecule has 0 radical (unpaired) electrons. The number of hydrogen-bond donors (Lipinski definition) is 2. The molecule has 0 aromatic carbocycles. The lowest BCUT2D eigenvalue weighted by Crippen LogP contribution is -2.23. The van der Waals surface area contributed by atoms with Gasteiger partial charge < -0.3 is 10.2 Å². The number of hydrogen-bond acceptors (Lipinski definition) is 3. The van der Waals surface area contributed by atoms with E-state index in [1.807, 2.05) is 0 Å². The molecule has 0 rings (SSSR count). The van der Waals surface area contributed by atoms with E-state index in [1.54, 1.807) is 25.6 Å². The standard InChI is InChI=1S/C11H22O3S/c1-9(5-7-12)15-8-4-6-11(2,3)10(13)14/h9,12H,4-8H2,1-3H3,(H,13,14). The lowest BCUT2D eigenvalue weighted by molar-refractivity contribution is -0.147. The van der Waals surface area contributed by atoms with Gasteiger partial charge in [0.1, 0.15) is 0 Å². The highest BCUT2D eigenvalue weighted by Crippen LogP contribution is 2.24. The molecule has 0 bridgehead atoms. The van der Waals surface area contributed by atoms with Crippen LogP contribution in [-0.4, -0.2) is 33.8 Å². The number of aliphatic hydroxyl groups excluding tert-OH is 1. The molecule has 0 fully saturated rings. The van der Waals surface area contributed by atoms with Gasteiger partial charge in [0.05, 0.1) is 5.41 Å². The van der Waals surface area contributed by atoms with E-state index < -0.39 is 11.4 Å². The largest absolute Gasteiger partial charge is 0.481 e. The molecule has 0 spiro atoms. The molecule has 2 N–H and O–H groups in total.